The molecule has 0 radical (unpaired) electrons. The summed E-state index contributed by atoms with van der Waals surface area (Å²) in [5.74, 6) is 0.157. The molecule has 7 heteroatoms. The second-order valence-electron chi connectivity index (χ2n) is 7.71. The lowest BCUT2D eigenvalue weighted by atomic mass is 9.87. The van der Waals surface area contributed by atoms with Crippen LogP contribution in [0.25, 0.3) is 11.3 Å². The van der Waals surface area contributed by atoms with Crippen LogP contribution in [0.4, 0.5) is 11.6 Å². The Bertz CT molecular complexity index is 1070. The van der Waals surface area contributed by atoms with Crippen molar-refractivity contribution in [2.75, 3.05) is 17.2 Å². The standard InChI is InChI=1S/C22H25N5O2/c1-5-23-21-24-11-10-17(27-21)15-12-18(20(29)25-13-15)26-19(28)14-6-8-16(9-7-14)22(2,3)4/h6-13H,5H2,1-4H3,(H,25,29)(H,26,28)(H,23,24,27). The minimum Gasteiger partial charge on any atom is -0.354 e. The number of H-pyrrole nitrogens is 1. The summed E-state index contributed by atoms with van der Waals surface area (Å²) in [6.07, 6.45) is 3.20. The summed E-state index contributed by atoms with van der Waals surface area (Å²) >= 11 is 0. The lowest BCUT2D eigenvalue weighted by molar-refractivity contribution is 0.102. The Hall–Kier alpha value is -3.48. The molecule has 1 amide bonds. The van der Waals surface area contributed by atoms with Gasteiger partial charge in [-0.2, -0.15) is 0 Å². The number of nitrogens with zero attached hydrogens (tertiary/aromatic N) is 2. The van der Waals surface area contributed by atoms with Crippen LogP contribution in [0.2, 0.25) is 0 Å². The highest BCUT2D eigenvalue weighted by molar-refractivity contribution is 6.04. The molecule has 0 spiro atoms. The molecule has 0 aliphatic heterocycles. The second kappa shape index (κ2) is 8.26. The van der Waals surface area contributed by atoms with Crippen molar-refractivity contribution in [3.05, 3.63) is 70.3 Å². The van der Waals surface area contributed by atoms with Gasteiger partial charge in [-0.1, -0.05) is 32.9 Å². The third-order valence-corrected chi connectivity index (χ3v) is 4.45. The van der Waals surface area contributed by atoms with Crippen molar-refractivity contribution in [2.45, 2.75) is 33.1 Å². The van der Waals surface area contributed by atoms with E-state index in [0.717, 1.165) is 5.56 Å². The lowest BCUT2D eigenvalue weighted by Crippen LogP contribution is -2.20. The van der Waals surface area contributed by atoms with E-state index in [1.54, 1.807) is 36.7 Å². The van der Waals surface area contributed by atoms with E-state index in [1.807, 2.05) is 19.1 Å². The minimum atomic E-state index is -0.380. The minimum absolute atomic E-state index is 0.00349. The number of carbonyl (C=O) groups excluding carboxylic acids is 1. The molecule has 0 saturated heterocycles. The number of carbonyl (C=O) groups is 1. The maximum absolute atomic E-state index is 12.6. The summed E-state index contributed by atoms with van der Waals surface area (Å²) < 4.78 is 0. The van der Waals surface area contributed by atoms with E-state index in [4.69, 9.17) is 0 Å². The Morgan fingerprint density at radius 3 is 2.52 bits per heavy atom. The van der Waals surface area contributed by atoms with Gasteiger partial charge in [-0.3, -0.25) is 9.59 Å². The molecule has 0 fully saturated rings. The summed E-state index contributed by atoms with van der Waals surface area (Å²) in [6.45, 7) is 8.99. The van der Waals surface area contributed by atoms with Crippen LogP contribution in [0.5, 0.6) is 0 Å². The number of anilines is 2. The van der Waals surface area contributed by atoms with Gasteiger partial charge in [-0.15, -0.1) is 0 Å². The molecule has 0 unspecified atom stereocenters. The zero-order valence-electron chi connectivity index (χ0n) is 17.0. The van der Waals surface area contributed by atoms with Gasteiger partial charge in [0.05, 0.1) is 5.69 Å². The molecule has 3 N–H and O–H groups in total. The molecule has 2 aromatic heterocycles. The van der Waals surface area contributed by atoms with Gasteiger partial charge in [0, 0.05) is 30.1 Å². The maximum atomic E-state index is 12.6. The highest BCUT2D eigenvalue weighted by Gasteiger charge is 2.15. The number of rotatable bonds is 5. The number of nitrogens with one attached hydrogen (secondary N) is 3. The van der Waals surface area contributed by atoms with Gasteiger partial charge in [-0.05, 0) is 42.2 Å². The molecule has 0 saturated carbocycles. The summed E-state index contributed by atoms with van der Waals surface area (Å²) in [5, 5.41) is 5.74. The molecule has 0 bridgehead atoms. The van der Waals surface area contributed by atoms with E-state index in [1.165, 1.54) is 0 Å². The summed E-state index contributed by atoms with van der Waals surface area (Å²) in [4.78, 5) is 36.0. The van der Waals surface area contributed by atoms with Crippen LogP contribution in [0.1, 0.15) is 43.6 Å². The zero-order chi connectivity index (χ0) is 21.0. The molecule has 0 aliphatic rings. The van der Waals surface area contributed by atoms with Gasteiger partial charge in [0.15, 0.2) is 0 Å². The monoisotopic (exact) mass is 391 g/mol. The number of hydrogen-bond donors (Lipinski definition) is 3. The fourth-order valence-electron chi connectivity index (χ4n) is 2.80. The Morgan fingerprint density at radius 2 is 1.86 bits per heavy atom. The number of pyridine rings is 1. The predicted octanol–water partition coefficient (Wildman–Crippen LogP) is 3.81. The maximum Gasteiger partial charge on any atom is 0.271 e. The third kappa shape index (κ3) is 4.87. The van der Waals surface area contributed by atoms with Gasteiger partial charge in [0.1, 0.15) is 5.69 Å². The lowest BCUT2D eigenvalue weighted by Gasteiger charge is -2.19. The highest BCUT2D eigenvalue weighted by atomic mass is 16.2. The van der Waals surface area contributed by atoms with Crippen molar-refractivity contribution in [1.29, 1.82) is 0 Å². The van der Waals surface area contributed by atoms with Crippen LogP contribution in [-0.4, -0.2) is 27.4 Å². The van der Waals surface area contributed by atoms with Crippen molar-refractivity contribution in [2.24, 2.45) is 0 Å². The molecule has 7 nitrogen and oxygen atoms in total. The van der Waals surface area contributed by atoms with Gasteiger partial charge in [0.25, 0.3) is 11.5 Å². The number of aromatic amines is 1. The van der Waals surface area contributed by atoms with Crippen molar-refractivity contribution < 1.29 is 4.79 Å². The van der Waals surface area contributed by atoms with Crippen molar-refractivity contribution in [1.82, 2.24) is 15.0 Å². The first-order chi connectivity index (χ1) is 13.8. The second-order valence-corrected chi connectivity index (χ2v) is 7.71. The van der Waals surface area contributed by atoms with E-state index < -0.39 is 0 Å². The quantitative estimate of drug-likeness (QED) is 0.614. The third-order valence-electron chi connectivity index (χ3n) is 4.45. The smallest absolute Gasteiger partial charge is 0.271 e. The normalized spacial score (nSPS) is 11.2. The fourth-order valence-corrected chi connectivity index (χ4v) is 2.80. The number of aromatic nitrogens is 3. The molecular formula is C22H25N5O2. The van der Waals surface area contributed by atoms with Gasteiger partial charge in [-0.25, -0.2) is 9.97 Å². The number of hydrogen-bond acceptors (Lipinski definition) is 5. The van der Waals surface area contributed by atoms with Crippen LogP contribution in [0, 0.1) is 0 Å². The van der Waals surface area contributed by atoms with Gasteiger partial charge in [0.2, 0.25) is 5.95 Å². The van der Waals surface area contributed by atoms with E-state index >= 15 is 0 Å². The fraction of sp³-hybridized carbons (Fsp3) is 0.273. The van der Waals surface area contributed by atoms with E-state index in [9.17, 15) is 9.59 Å². The average Bonchev–Trinajstić information content (AvgIpc) is 2.69. The molecule has 150 valence electrons. The first kappa shape index (κ1) is 20.3. The summed E-state index contributed by atoms with van der Waals surface area (Å²) in [7, 11) is 0. The average molecular weight is 391 g/mol. The molecule has 3 rings (SSSR count). The van der Waals surface area contributed by atoms with Crippen LogP contribution >= 0.6 is 0 Å². The largest absolute Gasteiger partial charge is 0.354 e. The van der Waals surface area contributed by atoms with Gasteiger partial charge >= 0.3 is 0 Å². The van der Waals surface area contributed by atoms with Crippen LogP contribution in [-0.2, 0) is 5.41 Å². The molecule has 3 aromatic rings. The highest BCUT2D eigenvalue weighted by Crippen LogP contribution is 2.23. The molecule has 29 heavy (non-hydrogen) atoms. The van der Waals surface area contributed by atoms with E-state index in [0.29, 0.717) is 29.3 Å². The van der Waals surface area contributed by atoms with Crippen LogP contribution < -0.4 is 16.2 Å². The Kier molecular flexibility index (Phi) is 5.77. The molecule has 2 heterocycles. The first-order valence-corrected chi connectivity index (χ1v) is 9.50. The number of benzene rings is 1. The van der Waals surface area contributed by atoms with Gasteiger partial charge < -0.3 is 15.6 Å². The van der Waals surface area contributed by atoms with Crippen LogP contribution in [0.15, 0.2) is 53.6 Å². The molecule has 0 atom stereocenters. The Labute approximate surface area is 169 Å². The van der Waals surface area contributed by atoms with Crippen molar-refractivity contribution in [3.63, 3.8) is 0 Å². The Morgan fingerprint density at radius 1 is 1.14 bits per heavy atom. The van der Waals surface area contributed by atoms with Crippen LogP contribution in [0.3, 0.4) is 0 Å². The van der Waals surface area contributed by atoms with Crippen molar-refractivity contribution in [3.8, 4) is 11.3 Å². The number of amides is 1. The SMILES string of the molecule is CCNc1nccc(-c2c[nH]c(=O)c(NC(=O)c3ccc(C(C)(C)C)cc3)c2)n1. The molecule has 1 aromatic carbocycles. The predicted molar refractivity (Wildman–Crippen MR) is 115 cm³/mol. The van der Waals surface area contributed by atoms with Crippen molar-refractivity contribution >= 4 is 17.5 Å². The van der Waals surface area contributed by atoms with E-state index in [2.05, 4.69) is 46.4 Å². The Balaban J connectivity index is 1.84. The molecular weight excluding hydrogens is 366 g/mol. The molecule has 0 aliphatic carbocycles. The summed E-state index contributed by atoms with van der Waals surface area (Å²) in [6, 6.07) is 10.7. The topological polar surface area (TPSA) is 99.8 Å². The summed E-state index contributed by atoms with van der Waals surface area (Å²) in [5.41, 5.74) is 2.71. The first-order valence-electron chi connectivity index (χ1n) is 9.50. The zero-order valence-corrected chi connectivity index (χ0v) is 17.0. The van der Waals surface area contributed by atoms with E-state index in [-0.39, 0.29) is 22.6 Å².